The number of rotatable bonds is 4. The van der Waals surface area contributed by atoms with Crippen molar-refractivity contribution in [1.29, 1.82) is 5.26 Å². The van der Waals surface area contributed by atoms with Gasteiger partial charge < -0.3 is 9.64 Å². The molecule has 0 radical (unpaired) electrons. The first-order valence-corrected chi connectivity index (χ1v) is 9.28. The lowest BCUT2D eigenvalue weighted by Gasteiger charge is -2.31. The van der Waals surface area contributed by atoms with Gasteiger partial charge in [0.15, 0.2) is 0 Å². The Balaban J connectivity index is 0.00000127. The van der Waals surface area contributed by atoms with Crippen LogP contribution in [0.4, 0.5) is 0 Å². The number of sulfonamides is 1. The third-order valence-corrected chi connectivity index (χ3v) is 5.37. The van der Waals surface area contributed by atoms with Gasteiger partial charge >= 0.3 is 0 Å². The van der Waals surface area contributed by atoms with E-state index in [9.17, 15) is 8.42 Å². The zero-order valence-corrected chi connectivity index (χ0v) is 15.1. The maximum Gasteiger partial charge on any atom is 0.243 e. The van der Waals surface area contributed by atoms with E-state index in [0.717, 1.165) is 0 Å². The van der Waals surface area contributed by atoms with Gasteiger partial charge in [0.2, 0.25) is 10.0 Å². The largest absolute Gasteiger partial charge is 0.492 e. The molecule has 0 saturated carbocycles. The lowest BCUT2D eigenvalue weighted by molar-refractivity contribution is 0.222. The van der Waals surface area contributed by atoms with E-state index < -0.39 is 10.0 Å². The number of likely N-dealkylation sites (N-methyl/N-ethyl adjacent to an activating group) is 1. The maximum absolute atomic E-state index is 12.6. The van der Waals surface area contributed by atoms with Gasteiger partial charge in [-0.15, -0.1) is 0 Å². The Morgan fingerprint density at radius 1 is 1.22 bits per heavy atom. The van der Waals surface area contributed by atoms with Crippen LogP contribution in [0.1, 0.15) is 26.3 Å². The minimum atomic E-state index is -3.55. The molecule has 1 heterocycles. The molecule has 1 aliphatic heterocycles. The molecule has 0 spiro atoms. The van der Waals surface area contributed by atoms with E-state index in [2.05, 4.69) is 4.90 Å². The predicted molar refractivity (Wildman–Crippen MR) is 89.9 cm³/mol. The minimum absolute atomic E-state index is 0.145. The number of ether oxygens (including phenoxy) is 1. The second-order valence-electron chi connectivity index (χ2n) is 4.91. The summed E-state index contributed by atoms with van der Waals surface area (Å²) < 4.78 is 32.0. The van der Waals surface area contributed by atoms with E-state index >= 15 is 0 Å². The van der Waals surface area contributed by atoms with E-state index in [1.165, 1.54) is 16.4 Å². The fraction of sp³-hybridized carbons (Fsp3) is 0.562. The van der Waals surface area contributed by atoms with Gasteiger partial charge in [0.05, 0.1) is 17.1 Å². The van der Waals surface area contributed by atoms with Gasteiger partial charge in [-0.3, -0.25) is 0 Å². The van der Waals surface area contributed by atoms with E-state index in [4.69, 9.17) is 10.00 Å². The molecular formula is C16H25N3O3S. The van der Waals surface area contributed by atoms with Crippen LogP contribution in [0.25, 0.3) is 0 Å². The average Bonchev–Trinajstić information content (AvgIpc) is 2.57. The fourth-order valence-electron chi connectivity index (χ4n) is 2.22. The molecule has 0 unspecified atom stereocenters. The summed E-state index contributed by atoms with van der Waals surface area (Å²) >= 11 is 0. The van der Waals surface area contributed by atoms with Crippen molar-refractivity contribution < 1.29 is 13.2 Å². The molecule has 0 aliphatic carbocycles. The molecule has 1 saturated heterocycles. The average molecular weight is 339 g/mol. The van der Waals surface area contributed by atoms with E-state index in [-0.39, 0.29) is 10.5 Å². The van der Waals surface area contributed by atoms with Crippen molar-refractivity contribution in [2.24, 2.45) is 0 Å². The van der Waals surface area contributed by atoms with Gasteiger partial charge in [-0.2, -0.15) is 9.57 Å². The molecule has 1 fully saturated rings. The van der Waals surface area contributed by atoms with Crippen molar-refractivity contribution >= 4 is 10.0 Å². The molecule has 0 atom stereocenters. The van der Waals surface area contributed by atoms with Crippen LogP contribution in [-0.2, 0) is 10.0 Å². The van der Waals surface area contributed by atoms with Crippen molar-refractivity contribution in [1.82, 2.24) is 9.21 Å². The third kappa shape index (κ3) is 4.67. The quantitative estimate of drug-likeness (QED) is 0.838. The maximum atomic E-state index is 12.6. The Kier molecular flexibility index (Phi) is 7.49. The van der Waals surface area contributed by atoms with Gasteiger partial charge in [-0.25, -0.2) is 8.42 Å². The van der Waals surface area contributed by atoms with E-state index in [1.54, 1.807) is 6.07 Å². The first-order chi connectivity index (χ1) is 11.0. The standard InChI is InChI=1S/C14H19N3O3S.C2H6/c1-3-20-14-5-4-13(10-12(14)11-15)21(18,19)17-8-6-16(2)7-9-17;1-2/h4-5,10H,3,6-9H2,1-2H3;1-2H3. The number of piperazine rings is 1. The molecule has 0 aromatic heterocycles. The number of nitrogens with zero attached hydrogens (tertiary/aromatic N) is 3. The second kappa shape index (κ2) is 8.87. The molecule has 7 heteroatoms. The fourth-order valence-corrected chi connectivity index (χ4v) is 3.66. The van der Waals surface area contributed by atoms with E-state index in [1.807, 2.05) is 33.9 Å². The number of hydrogen-bond donors (Lipinski definition) is 0. The number of nitriles is 1. The lowest BCUT2D eigenvalue weighted by atomic mass is 10.2. The summed E-state index contributed by atoms with van der Waals surface area (Å²) in [4.78, 5) is 2.23. The predicted octanol–water partition coefficient (Wildman–Crippen LogP) is 1.92. The molecule has 2 rings (SSSR count). The first kappa shape index (κ1) is 19.4. The molecule has 128 valence electrons. The van der Waals surface area contributed by atoms with Crippen LogP contribution in [0.15, 0.2) is 23.1 Å². The summed E-state index contributed by atoms with van der Waals surface area (Å²) in [6.45, 7) is 8.60. The summed E-state index contributed by atoms with van der Waals surface area (Å²) in [5.41, 5.74) is 0.243. The SMILES string of the molecule is CC.CCOc1ccc(S(=O)(=O)N2CCN(C)CC2)cc1C#N. The molecule has 1 aliphatic rings. The molecule has 0 amide bonds. The van der Waals surface area contributed by atoms with E-state index in [0.29, 0.717) is 38.5 Å². The van der Waals surface area contributed by atoms with Gasteiger partial charge in [-0.1, -0.05) is 13.8 Å². The van der Waals surface area contributed by atoms with Crippen LogP contribution in [0.3, 0.4) is 0 Å². The molecule has 0 bridgehead atoms. The molecule has 1 aromatic carbocycles. The Morgan fingerprint density at radius 3 is 2.35 bits per heavy atom. The first-order valence-electron chi connectivity index (χ1n) is 7.84. The second-order valence-corrected chi connectivity index (χ2v) is 6.85. The van der Waals surface area contributed by atoms with Crippen LogP contribution >= 0.6 is 0 Å². The van der Waals surface area contributed by atoms with Gasteiger partial charge in [0, 0.05) is 26.2 Å². The highest BCUT2D eigenvalue weighted by molar-refractivity contribution is 7.89. The van der Waals surface area contributed by atoms with Crippen LogP contribution in [0, 0.1) is 11.3 Å². The van der Waals surface area contributed by atoms with Crippen molar-refractivity contribution in [3.05, 3.63) is 23.8 Å². The summed E-state index contributed by atoms with van der Waals surface area (Å²) in [6.07, 6.45) is 0. The summed E-state index contributed by atoms with van der Waals surface area (Å²) in [5.74, 6) is 0.414. The van der Waals surface area contributed by atoms with Crippen molar-refractivity contribution in [3.8, 4) is 11.8 Å². The molecule has 23 heavy (non-hydrogen) atoms. The zero-order valence-electron chi connectivity index (χ0n) is 14.2. The van der Waals surface area contributed by atoms with Crippen molar-refractivity contribution in [2.45, 2.75) is 25.7 Å². The van der Waals surface area contributed by atoms with Gasteiger partial charge in [-0.05, 0) is 32.2 Å². The summed E-state index contributed by atoms with van der Waals surface area (Å²) in [7, 11) is -1.58. The Labute approximate surface area is 139 Å². The molecule has 6 nitrogen and oxygen atoms in total. The van der Waals surface area contributed by atoms with Crippen LogP contribution < -0.4 is 4.74 Å². The topological polar surface area (TPSA) is 73.6 Å². The molecule has 0 N–H and O–H groups in total. The summed E-state index contributed by atoms with van der Waals surface area (Å²) in [5, 5.41) is 9.14. The van der Waals surface area contributed by atoms with Gasteiger partial charge in [0.1, 0.15) is 11.8 Å². The normalized spacial score (nSPS) is 16.1. The lowest BCUT2D eigenvalue weighted by Crippen LogP contribution is -2.47. The van der Waals surface area contributed by atoms with Crippen molar-refractivity contribution in [2.75, 3.05) is 39.8 Å². The monoisotopic (exact) mass is 339 g/mol. The van der Waals surface area contributed by atoms with Crippen LogP contribution in [0.5, 0.6) is 5.75 Å². The third-order valence-electron chi connectivity index (χ3n) is 3.47. The minimum Gasteiger partial charge on any atom is -0.492 e. The molecule has 1 aromatic rings. The number of hydrogen-bond acceptors (Lipinski definition) is 5. The Morgan fingerprint density at radius 2 is 1.83 bits per heavy atom. The smallest absolute Gasteiger partial charge is 0.243 e. The Bertz CT molecular complexity index is 645. The van der Waals surface area contributed by atoms with Gasteiger partial charge in [0.25, 0.3) is 0 Å². The highest BCUT2D eigenvalue weighted by Gasteiger charge is 2.28. The summed E-state index contributed by atoms with van der Waals surface area (Å²) in [6, 6.07) is 6.42. The highest BCUT2D eigenvalue weighted by Crippen LogP contribution is 2.24. The van der Waals surface area contributed by atoms with Crippen molar-refractivity contribution in [3.63, 3.8) is 0 Å². The van der Waals surface area contributed by atoms with Crippen LogP contribution in [-0.4, -0.2) is 57.5 Å². The molecular weight excluding hydrogens is 314 g/mol. The number of benzene rings is 1. The zero-order chi connectivity index (χ0) is 17.5. The highest BCUT2D eigenvalue weighted by atomic mass is 32.2. The Hall–Kier alpha value is -1.62. The van der Waals surface area contributed by atoms with Crippen LogP contribution in [0.2, 0.25) is 0 Å².